The van der Waals surface area contributed by atoms with Crippen LogP contribution < -0.4 is 5.73 Å². The van der Waals surface area contributed by atoms with E-state index in [9.17, 15) is 9.00 Å². The Morgan fingerprint density at radius 1 is 1.17 bits per heavy atom. The van der Waals surface area contributed by atoms with E-state index in [0.717, 1.165) is 5.56 Å². The van der Waals surface area contributed by atoms with E-state index in [0.29, 0.717) is 11.1 Å². The number of carbonyl (C=O) groups is 1. The highest BCUT2D eigenvalue weighted by Gasteiger charge is 2.20. The Balaban J connectivity index is 2.43. The lowest BCUT2D eigenvalue weighted by Crippen LogP contribution is -2.11. The van der Waals surface area contributed by atoms with E-state index in [4.69, 9.17) is 14.5 Å². The summed E-state index contributed by atoms with van der Waals surface area (Å²) >= 11 is -2.46. The van der Waals surface area contributed by atoms with E-state index in [2.05, 4.69) is 4.74 Å². The molecule has 2 aromatic rings. The number of methoxy groups -OCH3 is 1. The van der Waals surface area contributed by atoms with Gasteiger partial charge in [0, 0.05) is 5.69 Å². The Morgan fingerprint density at radius 3 is 2.30 bits per heavy atom. The van der Waals surface area contributed by atoms with Gasteiger partial charge in [0.1, 0.15) is 6.10 Å². The van der Waals surface area contributed by atoms with Gasteiger partial charge in [-0.25, -0.2) is 4.79 Å². The molecule has 2 atom stereocenters. The summed E-state index contributed by atoms with van der Waals surface area (Å²) in [5.74, 6) is -0.549. The van der Waals surface area contributed by atoms with Crippen molar-refractivity contribution in [2.75, 3.05) is 12.8 Å². The topological polar surface area (TPSA) is 98.8 Å². The molecule has 7 heteroatoms. The van der Waals surface area contributed by atoms with Crippen LogP contribution in [0.1, 0.15) is 33.2 Å². The van der Waals surface area contributed by atoms with Crippen LogP contribution in [0, 0.1) is 6.92 Å². The van der Waals surface area contributed by atoms with E-state index >= 15 is 0 Å². The highest BCUT2D eigenvalue weighted by atomic mass is 32.2. The van der Waals surface area contributed by atoms with Crippen LogP contribution in [0.25, 0.3) is 0 Å². The zero-order chi connectivity index (χ0) is 17.0. The number of benzene rings is 2. The SMILES string of the molecule is COC(=O)c1ccc(C(OS(=O)O)c2ccc(C)cc2)cc1N. The van der Waals surface area contributed by atoms with Crippen molar-refractivity contribution in [3.8, 4) is 0 Å². The van der Waals surface area contributed by atoms with Gasteiger partial charge in [-0.15, -0.1) is 0 Å². The third kappa shape index (κ3) is 4.16. The molecule has 2 unspecified atom stereocenters. The molecular weight excluding hydrogens is 318 g/mol. The van der Waals surface area contributed by atoms with E-state index < -0.39 is 23.4 Å². The molecule has 122 valence electrons. The number of aryl methyl sites for hydroxylation is 1. The maximum atomic E-state index is 11.6. The minimum atomic E-state index is -2.46. The van der Waals surface area contributed by atoms with E-state index in [1.807, 2.05) is 19.1 Å². The van der Waals surface area contributed by atoms with Crippen molar-refractivity contribution in [3.05, 3.63) is 64.7 Å². The molecule has 0 spiro atoms. The molecule has 0 saturated carbocycles. The zero-order valence-corrected chi connectivity index (χ0v) is 13.5. The Bertz CT molecular complexity index is 730. The van der Waals surface area contributed by atoms with Gasteiger partial charge < -0.3 is 10.5 Å². The van der Waals surface area contributed by atoms with Crippen LogP contribution in [0.3, 0.4) is 0 Å². The first kappa shape index (κ1) is 17.1. The van der Waals surface area contributed by atoms with Gasteiger partial charge in [-0.3, -0.25) is 8.74 Å². The predicted molar refractivity (Wildman–Crippen MR) is 87.1 cm³/mol. The minimum absolute atomic E-state index is 0.207. The number of anilines is 1. The lowest BCUT2D eigenvalue weighted by Gasteiger charge is -2.17. The van der Waals surface area contributed by atoms with E-state index in [1.54, 1.807) is 18.2 Å². The monoisotopic (exact) mass is 335 g/mol. The molecule has 0 aromatic heterocycles. The first-order valence-corrected chi connectivity index (χ1v) is 7.78. The van der Waals surface area contributed by atoms with Crippen LogP contribution in [0.2, 0.25) is 0 Å². The normalized spacial score (nSPS) is 13.3. The largest absolute Gasteiger partial charge is 0.465 e. The van der Waals surface area contributed by atoms with Crippen molar-refractivity contribution in [2.24, 2.45) is 0 Å². The number of hydrogen-bond acceptors (Lipinski definition) is 5. The second kappa shape index (κ2) is 7.36. The number of nitrogens with two attached hydrogens (primary N) is 1. The third-order valence-corrected chi connectivity index (χ3v) is 3.70. The summed E-state index contributed by atoms with van der Waals surface area (Å²) < 4.78 is 29.9. The van der Waals surface area contributed by atoms with Crippen molar-refractivity contribution in [2.45, 2.75) is 13.0 Å². The highest BCUT2D eigenvalue weighted by molar-refractivity contribution is 7.74. The Morgan fingerprint density at radius 2 is 1.78 bits per heavy atom. The van der Waals surface area contributed by atoms with Crippen molar-refractivity contribution in [1.82, 2.24) is 0 Å². The van der Waals surface area contributed by atoms with Gasteiger partial charge >= 0.3 is 17.3 Å². The van der Waals surface area contributed by atoms with Crippen molar-refractivity contribution < 1.29 is 22.5 Å². The van der Waals surface area contributed by atoms with Gasteiger partial charge in [0.2, 0.25) is 0 Å². The Kier molecular flexibility index (Phi) is 5.49. The molecule has 6 nitrogen and oxygen atoms in total. The quantitative estimate of drug-likeness (QED) is 0.495. The lowest BCUT2D eigenvalue weighted by atomic mass is 9.98. The van der Waals surface area contributed by atoms with Crippen molar-refractivity contribution >= 4 is 23.0 Å². The van der Waals surface area contributed by atoms with Crippen molar-refractivity contribution in [1.29, 1.82) is 0 Å². The average Bonchev–Trinajstić information content (AvgIpc) is 2.52. The molecule has 0 bridgehead atoms. The summed E-state index contributed by atoms with van der Waals surface area (Å²) in [7, 11) is 1.27. The summed E-state index contributed by atoms with van der Waals surface area (Å²) in [4.78, 5) is 11.6. The van der Waals surface area contributed by atoms with Gasteiger partial charge in [0.05, 0.1) is 12.7 Å². The number of rotatable bonds is 5. The summed E-state index contributed by atoms with van der Waals surface area (Å²) in [6.07, 6.45) is -0.782. The van der Waals surface area contributed by atoms with Gasteiger partial charge in [0.25, 0.3) is 0 Å². The molecule has 3 N–H and O–H groups in total. The second-order valence-corrected chi connectivity index (χ2v) is 5.57. The van der Waals surface area contributed by atoms with Crippen LogP contribution in [-0.4, -0.2) is 21.8 Å². The van der Waals surface area contributed by atoms with Gasteiger partial charge in [-0.05, 0) is 30.2 Å². The summed E-state index contributed by atoms with van der Waals surface area (Å²) in [6, 6.07) is 12.0. The molecule has 0 aliphatic heterocycles. The van der Waals surface area contributed by atoms with Crippen LogP contribution in [0.4, 0.5) is 5.69 Å². The highest BCUT2D eigenvalue weighted by Crippen LogP contribution is 2.29. The van der Waals surface area contributed by atoms with Gasteiger partial charge in [0.15, 0.2) is 0 Å². The smallest absolute Gasteiger partial charge is 0.339 e. The summed E-state index contributed by atoms with van der Waals surface area (Å²) in [6.45, 7) is 1.94. The molecule has 2 aromatic carbocycles. The van der Waals surface area contributed by atoms with E-state index in [1.165, 1.54) is 19.2 Å². The molecule has 2 rings (SSSR count). The summed E-state index contributed by atoms with van der Waals surface area (Å²) in [5, 5.41) is 0. The molecule has 23 heavy (non-hydrogen) atoms. The number of carbonyl (C=O) groups excluding carboxylic acids is 1. The Hall–Kier alpha value is -2.22. The number of esters is 1. The van der Waals surface area contributed by atoms with Crippen LogP contribution in [0.5, 0.6) is 0 Å². The lowest BCUT2D eigenvalue weighted by molar-refractivity contribution is 0.0602. The third-order valence-electron chi connectivity index (χ3n) is 3.34. The molecule has 0 saturated heterocycles. The fourth-order valence-corrected chi connectivity index (χ4v) is 2.55. The standard InChI is InChI=1S/C16H17NO5S/c1-10-3-5-11(6-4-10)15(22-23(19)20)12-7-8-13(14(17)9-12)16(18)21-2/h3-9,15H,17H2,1-2H3,(H,19,20). The first-order chi connectivity index (χ1) is 10.9. The van der Waals surface area contributed by atoms with Crippen LogP contribution >= 0.6 is 0 Å². The molecule has 0 amide bonds. The second-order valence-electron chi connectivity index (χ2n) is 4.94. The number of nitrogen functional groups attached to an aromatic ring is 1. The average molecular weight is 335 g/mol. The molecule has 0 fully saturated rings. The molecule has 0 radical (unpaired) electrons. The minimum Gasteiger partial charge on any atom is -0.465 e. The maximum absolute atomic E-state index is 11.6. The van der Waals surface area contributed by atoms with Gasteiger partial charge in [-0.1, -0.05) is 35.9 Å². The van der Waals surface area contributed by atoms with E-state index in [-0.39, 0.29) is 11.3 Å². The zero-order valence-electron chi connectivity index (χ0n) is 12.7. The molecule has 0 heterocycles. The summed E-state index contributed by atoms with van der Waals surface area (Å²) in [5.41, 5.74) is 8.62. The first-order valence-electron chi connectivity index (χ1n) is 6.74. The molecule has 0 aliphatic carbocycles. The predicted octanol–water partition coefficient (Wildman–Crippen LogP) is 2.61. The number of ether oxygens (including phenoxy) is 1. The fourth-order valence-electron chi connectivity index (χ4n) is 2.17. The maximum Gasteiger partial charge on any atom is 0.339 e. The van der Waals surface area contributed by atoms with Crippen LogP contribution in [-0.2, 0) is 20.3 Å². The fraction of sp³-hybridized carbons (Fsp3) is 0.188. The van der Waals surface area contributed by atoms with Crippen molar-refractivity contribution in [3.63, 3.8) is 0 Å². The molecular formula is C16H17NO5S. The Labute approximate surface area is 136 Å². The molecule has 0 aliphatic rings. The number of hydrogen-bond donors (Lipinski definition) is 2. The van der Waals surface area contributed by atoms with Gasteiger partial charge in [-0.2, -0.15) is 4.21 Å². The van der Waals surface area contributed by atoms with Crippen LogP contribution in [0.15, 0.2) is 42.5 Å².